The molecule has 1 aliphatic rings. The number of amides is 1. The van der Waals surface area contributed by atoms with Gasteiger partial charge >= 0.3 is 5.97 Å². The number of rotatable bonds is 5. The van der Waals surface area contributed by atoms with Gasteiger partial charge in [0.2, 0.25) is 5.91 Å². The average Bonchev–Trinajstić information content (AvgIpc) is 2.81. The van der Waals surface area contributed by atoms with Crippen molar-refractivity contribution in [3.63, 3.8) is 0 Å². The number of aliphatic hydroxyl groups is 1. The number of aryl methyl sites for hydroxylation is 2. The van der Waals surface area contributed by atoms with Crippen LogP contribution in [0, 0.1) is 19.3 Å². The molecule has 0 aromatic carbocycles. The van der Waals surface area contributed by atoms with Crippen LogP contribution in [0.25, 0.3) is 0 Å². The maximum atomic E-state index is 12.5. The minimum Gasteiger partial charge on any atom is -0.481 e. The van der Waals surface area contributed by atoms with Crippen LogP contribution in [-0.2, 0) is 16.0 Å². The van der Waals surface area contributed by atoms with Gasteiger partial charge in [-0.2, -0.15) is 0 Å². The standard InChI is InChI=1S/C16H24N2O5/c1-4-5-16(15(21)22)6-7-18(9-13(16)19)14(20)8-12-10(2)17-23-11(12)3/h13,19H,4-9H2,1-3H3,(H,21,22)/t13-,16+/m1/s1. The summed E-state index contributed by atoms with van der Waals surface area (Å²) in [6.07, 6.45) is 0.459. The molecule has 7 nitrogen and oxygen atoms in total. The third-order valence-electron chi connectivity index (χ3n) is 4.84. The second kappa shape index (κ2) is 6.70. The van der Waals surface area contributed by atoms with E-state index in [0.717, 1.165) is 5.56 Å². The largest absolute Gasteiger partial charge is 0.481 e. The van der Waals surface area contributed by atoms with Gasteiger partial charge in [0, 0.05) is 18.7 Å². The highest BCUT2D eigenvalue weighted by Gasteiger charge is 2.48. The quantitative estimate of drug-likeness (QED) is 0.846. The number of aliphatic carboxylic acids is 1. The fourth-order valence-electron chi connectivity index (χ4n) is 3.31. The number of carboxylic acid groups (broad SMARTS) is 1. The van der Waals surface area contributed by atoms with Crippen LogP contribution in [0.1, 0.15) is 43.2 Å². The number of likely N-dealkylation sites (tertiary alicyclic amines) is 1. The van der Waals surface area contributed by atoms with Crippen molar-refractivity contribution in [2.75, 3.05) is 13.1 Å². The lowest BCUT2D eigenvalue weighted by Gasteiger charge is -2.42. The number of aromatic nitrogens is 1. The highest BCUT2D eigenvalue weighted by atomic mass is 16.5. The first-order chi connectivity index (χ1) is 10.8. The normalized spacial score (nSPS) is 24.7. The van der Waals surface area contributed by atoms with E-state index in [9.17, 15) is 19.8 Å². The molecule has 1 amide bonds. The Bertz CT molecular complexity index is 578. The van der Waals surface area contributed by atoms with Crippen LogP contribution in [0.2, 0.25) is 0 Å². The molecule has 0 unspecified atom stereocenters. The van der Waals surface area contributed by atoms with Gasteiger partial charge in [-0.15, -0.1) is 0 Å². The molecule has 0 saturated carbocycles. The van der Waals surface area contributed by atoms with Crippen LogP contribution in [0.3, 0.4) is 0 Å². The van der Waals surface area contributed by atoms with Crippen molar-refractivity contribution in [2.24, 2.45) is 5.41 Å². The summed E-state index contributed by atoms with van der Waals surface area (Å²) in [4.78, 5) is 25.6. The summed E-state index contributed by atoms with van der Waals surface area (Å²) in [7, 11) is 0. The Morgan fingerprint density at radius 2 is 2.13 bits per heavy atom. The fourth-order valence-corrected chi connectivity index (χ4v) is 3.31. The van der Waals surface area contributed by atoms with Crippen LogP contribution in [0.4, 0.5) is 0 Å². The van der Waals surface area contributed by atoms with E-state index in [0.29, 0.717) is 30.8 Å². The van der Waals surface area contributed by atoms with Gasteiger partial charge in [0.05, 0.1) is 23.6 Å². The summed E-state index contributed by atoms with van der Waals surface area (Å²) in [6.45, 7) is 5.82. The van der Waals surface area contributed by atoms with E-state index in [1.54, 1.807) is 13.8 Å². The van der Waals surface area contributed by atoms with Gasteiger partial charge in [0.25, 0.3) is 0 Å². The number of nitrogens with zero attached hydrogens (tertiary/aromatic N) is 2. The first-order valence-corrected chi connectivity index (χ1v) is 7.92. The molecular weight excluding hydrogens is 300 g/mol. The van der Waals surface area contributed by atoms with Crippen molar-refractivity contribution in [1.29, 1.82) is 0 Å². The van der Waals surface area contributed by atoms with Crippen LogP contribution >= 0.6 is 0 Å². The molecule has 1 aromatic heterocycles. The number of aliphatic hydroxyl groups excluding tert-OH is 1. The van der Waals surface area contributed by atoms with Gasteiger partial charge in [-0.3, -0.25) is 9.59 Å². The summed E-state index contributed by atoms with van der Waals surface area (Å²) < 4.78 is 5.05. The van der Waals surface area contributed by atoms with Crippen LogP contribution in [0.5, 0.6) is 0 Å². The Kier molecular flexibility index (Phi) is 5.09. The van der Waals surface area contributed by atoms with E-state index >= 15 is 0 Å². The van der Waals surface area contributed by atoms with Crippen molar-refractivity contribution in [3.05, 3.63) is 17.0 Å². The number of piperidine rings is 1. The number of β-amino-alcohol motifs (C(OH)–C–C–N with tert-alkyl or cyclic N) is 1. The molecule has 2 atom stereocenters. The van der Waals surface area contributed by atoms with Crippen LogP contribution in [-0.4, -0.2) is 51.3 Å². The van der Waals surface area contributed by atoms with Crippen LogP contribution in [0.15, 0.2) is 4.52 Å². The highest BCUT2D eigenvalue weighted by molar-refractivity contribution is 5.80. The Labute approximate surface area is 135 Å². The van der Waals surface area contributed by atoms with Gasteiger partial charge in [-0.1, -0.05) is 18.5 Å². The molecule has 1 aromatic rings. The van der Waals surface area contributed by atoms with Gasteiger partial charge < -0.3 is 19.6 Å². The first-order valence-electron chi connectivity index (χ1n) is 7.92. The Morgan fingerprint density at radius 1 is 1.43 bits per heavy atom. The minimum atomic E-state index is -1.14. The molecule has 0 spiro atoms. The first kappa shape index (κ1) is 17.5. The maximum Gasteiger partial charge on any atom is 0.312 e. The van der Waals surface area contributed by atoms with Crippen molar-refractivity contribution in [1.82, 2.24) is 10.1 Å². The third kappa shape index (κ3) is 3.24. The van der Waals surface area contributed by atoms with Crippen LogP contribution < -0.4 is 0 Å². The van der Waals surface area contributed by atoms with E-state index < -0.39 is 17.5 Å². The van der Waals surface area contributed by atoms with E-state index in [2.05, 4.69) is 5.16 Å². The number of carboxylic acids is 1. The molecule has 7 heteroatoms. The Balaban J connectivity index is 2.07. The van der Waals surface area contributed by atoms with E-state index in [1.807, 2.05) is 6.92 Å². The molecular formula is C16H24N2O5. The SMILES string of the molecule is CCC[C@]1(C(=O)O)CCN(C(=O)Cc2c(C)noc2C)C[C@H]1O. The van der Waals surface area contributed by atoms with Crippen molar-refractivity contribution >= 4 is 11.9 Å². The molecule has 2 rings (SSSR count). The monoisotopic (exact) mass is 324 g/mol. The smallest absolute Gasteiger partial charge is 0.312 e. The number of carbonyl (C=O) groups is 2. The summed E-state index contributed by atoms with van der Waals surface area (Å²) in [5.74, 6) is -0.516. The topological polar surface area (TPSA) is 104 Å². The Hall–Kier alpha value is -1.89. The van der Waals surface area contributed by atoms with Gasteiger partial charge in [0.1, 0.15) is 5.76 Å². The van der Waals surface area contributed by atoms with Gasteiger partial charge in [-0.25, -0.2) is 0 Å². The van der Waals surface area contributed by atoms with Gasteiger partial charge in [-0.05, 0) is 26.7 Å². The minimum absolute atomic E-state index is 0.0501. The summed E-state index contributed by atoms with van der Waals surface area (Å²) >= 11 is 0. The molecule has 1 saturated heterocycles. The second-order valence-corrected chi connectivity index (χ2v) is 6.30. The predicted octanol–water partition coefficient (Wildman–Crippen LogP) is 1.30. The zero-order valence-electron chi connectivity index (χ0n) is 13.8. The number of hydrogen-bond acceptors (Lipinski definition) is 5. The molecule has 23 heavy (non-hydrogen) atoms. The molecule has 1 aliphatic heterocycles. The van der Waals surface area contributed by atoms with E-state index in [1.165, 1.54) is 4.90 Å². The predicted molar refractivity (Wildman–Crippen MR) is 81.9 cm³/mol. The molecule has 1 fully saturated rings. The van der Waals surface area contributed by atoms with Crippen molar-refractivity contribution in [2.45, 2.75) is 52.6 Å². The van der Waals surface area contributed by atoms with Crippen molar-refractivity contribution in [3.8, 4) is 0 Å². The summed E-state index contributed by atoms with van der Waals surface area (Å²) in [6, 6.07) is 0. The molecule has 2 N–H and O–H groups in total. The fraction of sp³-hybridized carbons (Fsp3) is 0.688. The second-order valence-electron chi connectivity index (χ2n) is 6.30. The Morgan fingerprint density at radius 3 is 2.61 bits per heavy atom. The lowest BCUT2D eigenvalue weighted by Crippen LogP contribution is -2.56. The molecule has 0 bridgehead atoms. The van der Waals surface area contributed by atoms with E-state index in [4.69, 9.17) is 4.52 Å². The lowest BCUT2D eigenvalue weighted by atomic mass is 9.72. The van der Waals surface area contributed by atoms with Crippen molar-refractivity contribution < 1.29 is 24.3 Å². The van der Waals surface area contributed by atoms with E-state index in [-0.39, 0.29) is 25.3 Å². The molecule has 2 heterocycles. The maximum absolute atomic E-state index is 12.5. The third-order valence-corrected chi connectivity index (χ3v) is 4.84. The average molecular weight is 324 g/mol. The summed E-state index contributed by atoms with van der Waals surface area (Å²) in [5, 5.41) is 23.7. The zero-order valence-corrected chi connectivity index (χ0v) is 13.8. The molecule has 128 valence electrons. The molecule has 0 radical (unpaired) electrons. The number of hydrogen-bond donors (Lipinski definition) is 2. The summed E-state index contributed by atoms with van der Waals surface area (Å²) in [5.41, 5.74) is 0.293. The highest BCUT2D eigenvalue weighted by Crippen LogP contribution is 2.37. The van der Waals surface area contributed by atoms with Gasteiger partial charge in [0.15, 0.2) is 0 Å². The zero-order chi connectivity index (χ0) is 17.2. The lowest BCUT2D eigenvalue weighted by molar-refractivity contribution is -0.167. The number of carbonyl (C=O) groups excluding carboxylic acids is 1. The molecule has 0 aliphatic carbocycles.